The number of hydrogen-bond acceptors (Lipinski definition) is 2. The zero-order valence-electron chi connectivity index (χ0n) is 9.83. The van der Waals surface area contributed by atoms with Gasteiger partial charge in [0.1, 0.15) is 0 Å². The van der Waals surface area contributed by atoms with E-state index in [9.17, 15) is 9.18 Å². The maximum absolute atomic E-state index is 13.8. The van der Waals surface area contributed by atoms with E-state index in [-0.39, 0.29) is 27.1 Å². The average Bonchev–Trinajstić information content (AvgIpc) is 2.38. The predicted molar refractivity (Wildman–Crippen MR) is 76.0 cm³/mol. The number of aliphatic carboxylic acids is 1. The van der Waals surface area contributed by atoms with Crippen molar-refractivity contribution in [1.29, 1.82) is 0 Å². The third kappa shape index (κ3) is 3.03. The highest BCUT2D eigenvalue weighted by Crippen LogP contribution is 2.38. The van der Waals surface area contributed by atoms with Gasteiger partial charge in [-0.1, -0.05) is 40.9 Å². The van der Waals surface area contributed by atoms with Gasteiger partial charge in [0, 0.05) is 17.3 Å². The Morgan fingerprint density at radius 2 is 1.90 bits per heavy atom. The van der Waals surface area contributed by atoms with Crippen LogP contribution in [0.4, 0.5) is 4.39 Å². The van der Waals surface area contributed by atoms with E-state index in [0.29, 0.717) is 11.1 Å². The zero-order valence-corrected chi connectivity index (χ0v) is 12.1. The lowest BCUT2D eigenvalue weighted by molar-refractivity contribution is -0.136. The van der Waals surface area contributed by atoms with Gasteiger partial charge in [0.05, 0.1) is 21.5 Å². The van der Waals surface area contributed by atoms with Crippen molar-refractivity contribution >= 4 is 40.8 Å². The van der Waals surface area contributed by atoms with Crippen molar-refractivity contribution in [2.45, 2.75) is 6.42 Å². The van der Waals surface area contributed by atoms with E-state index in [2.05, 4.69) is 4.98 Å². The van der Waals surface area contributed by atoms with Gasteiger partial charge in [-0.15, -0.1) is 0 Å². The molecular weight excluding hydrogens is 328 g/mol. The van der Waals surface area contributed by atoms with Crippen molar-refractivity contribution in [1.82, 2.24) is 4.98 Å². The molecule has 0 radical (unpaired) electrons. The van der Waals surface area contributed by atoms with E-state index >= 15 is 0 Å². The van der Waals surface area contributed by atoms with Gasteiger partial charge in [-0.2, -0.15) is 4.39 Å². The van der Waals surface area contributed by atoms with Gasteiger partial charge < -0.3 is 5.11 Å². The molecular formula is C13H7Cl3FNO2. The Balaban J connectivity index is 2.57. The number of nitrogens with zero attached hydrogens (tertiary/aromatic N) is 1. The maximum Gasteiger partial charge on any atom is 0.307 e. The summed E-state index contributed by atoms with van der Waals surface area (Å²) >= 11 is 17.8. The van der Waals surface area contributed by atoms with Crippen molar-refractivity contribution in [2.75, 3.05) is 0 Å². The van der Waals surface area contributed by atoms with Crippen molar-refractivity contribution in [2.24, 2.45) is 0 Å². The number of carbonyl (C=O) groups is 1. The Morgan fingerprint density at radius 3 is 2.55 bits per heavy atom. The van der Waals surface area contributed by atoms with Crippen LogP contribution in [-0.2, 0) is 11.2 Å². The first kappa shape index (κ1) is 15.0. The molecule has 104 valence electrons. The van der Waals surface area contributed by atoms with Gasteiger partial charge in [-0.25, -0.2) is 4.98 Å². The lowest BCUT2D eigenvalue weighted by Gasteiger charge is -2.09. The summed E-state index contributed by atoms with van der Waals surface area (Å²) in [6.45, 7) is 0. The second-order valence-electron chi connectivity index (χ2n) is 3.98. The van der Waals surface area contributed by atoms with Crippen molar-refractivity contribution in [3.8, 4) is 11.1 Å². The van der Waals surface area contributed by atoms with Gasteiger partial charge in [-0.3, -0.25) is 4.79 Å². The number of carboxylic acids is 1. The standard InChI is InChI=1S/C13H7Cl3FNO2/c14-9-2-1-7(11(15)12(9)16)8-3-6(4-10(19)20)5-18-13(8)17/h1-3,5H,4H2,(H,19,20). The summed E-state index contributed by atoms with van der Waals surface area (Å²) in [5.41, 5.74) is 0.738. The van der Waals surface area contributed by atoms with Gasteiger partial charge in [-0.05, 0) is 17.7 Å². The molecule has 0 unspecified atom stereocenters. The quantitative estimate of drug-likeness (QED) is 0.665. The van der Waals surface area contributed by atoms with E-state index in [1.807, 2.05) is 0 Å². The molecule has 1 heterocycles. The zero-order chi connectivity index (χ0) is 14.9. The smallest absolute Gasteiger partial charge is 0.307 e. The summed E-state index contributed by atoms with van der Waals surface area (Å²) in [6.07, 6.45) is 0.900. The van der Waals surface area contributed by atoms with Gasteiger partial charge >= 0.3 is 5.97 Å². The van der Waals surface area contributed by atoms with Crippen LogP contribution in [0, 0.1) is 5.95 Å². The number of aromatic nitrogens is 1. The molecule has 3 nitrogen and oxygen atoms in total. The largest absolute Gasteiger partial charge is 0.481 e. The summed E-state index contributed by atoms with van der Waals surface area (Å²) in [5, 5.41) is 9.19. The number of rotatable bonds is 3. The van der Waals surface area contributed by atoms with Gasteiger partial charge in [0.2, 0.25) is 5.95 Å². The number of benzene rings is 1. The van der Waals surface area contributed by atoms with E-state index in [1.54, 1.807) is 0 Å². The Labute approximate surface area is 128 Å². The van der Waals surface area contributed by atoms with Crippen LogP contribution in [-0.4, -0.2) is 16.1 Å². The lowest BCUT2D eigenvalue weighted by atomic mass is 10.0. The topological polar surface area (TPSA) is 50.2 Å². The minimum absolute atomic E-state index is 0.0762. The minimum Gasteiger partial charge on any atom is -0.481 e. The van der Waals surface area contributed by atoms with Crippen LogP contribution in [0.3, 0.4) is 0 Å². The minimum atomic E-state index is -1.04. The molecule has 2 aromatic rings. The first-order chi connectivity index (χ1) is 9.40. The van der Waals surface area contributed by atoms with E-state index < -0.39 is 11.9 Å². The molecule has 1 aromatic carbocycles. The third-order valence-electron chi connectivity index (χ3n) is 2.58. The molecule has 0 saturated carbocycles. The molecule has 2 rings (SSSR count). The Hall–Kier alpha value is -1.36. The second kappa shape index (κ2) is 5.95. The number of halogens is 4. The van der Waals surface area contributed by atoms with Crippen LogP contribution in [0.1, 0.15) is 5.56 Å². The molecule has 0 atom stereocenters. The van der Waals surface area contributed by atoms with Gasteiger partial charge in [0.25, 0.3) is 0 Å². The first-order valence-corrected chi connectivity index (χ1v) is 6.53. The van der Waals surface area contributed by atoms with Crippen LogP contribution >= 0.6 is 34.8 Å². The highest BCUT2D eigenvalue weighted by atomic mass is 35.5. The fourth-order valence-electron chi connectivity index (χ4n) is 1.69. The van der Waals surface area contributed by atoms with E-state index in [4.69, 9.17) is 39.9 Å². The Bertz CT molecular complexity index is 692. The second-order valence-corrected chi connectivity index (χ2v) is 5.14. The Morgan fingerprint density at radius 1 is 1.20 bits per heavy atom. The summed E-state index contributed by atoms with van der Waals surface area (Å²) in [5.74, 6) is -1.80. The van der Waals surface area contributed by atoms with Crippen LogP contribution in [0.5, 0.6) is 0 Å². The summed E-state index contributed by atoms with van der Waals surface area (Å²) in [7, 11) is 0. The maximum atomic E-state index is 13.8. The fraction of sp³-hybridized carbons (Fsp3) is 0.0769. The molecule has 0 fully saturated rings. The monoisotopic (exact) mass is 333 g/mol. The van der Waals surface area contributed by atoms with Crippen LogP contribution in [0.15, 0.2) is 24.4 Å². The SMILES string of the molecule is O=C(O)Cc1cnc(F)c(-c2ccc(Cl)c(Cl)c2Cl)c1. The molecule has 0 amide bonds. The van der Waals surface area contributed by atoms with E-state index in [0.717, 1.165) is 0 Å². The molecule has 7 heteroatoms. The van der Waals surface area contributed by atoms with Crippen LogP contribution in [0.2, 0.25) is 15.1 Å². The molecule has 0 spiro atoms. The van der Waals surface area contributed by atoms with Crippen molar-refractivity contribution in [3.63, 3.8) is 0 Å². The Kier molecular flexibility index (Phi) is 4.48. The normalized spacial score (nSPS) is 10.6. The fourth-order valence-corrected chi connectivity index (χ4v) is 2.32. The average molecular weight is 335 g/mol. The third-order valence-corrected chi connectivity index (χ3v) is 3.87. The molecule has 0 aliphatic rings. The molecule has 0 aliphatic heterocycles. The summed E-state index contributed by atoms with van der Waals surface area (Å²) in [4.78, 5) is 14.2. The highest BCUT2D eigenvalue weighted by molar-refractivity contribution is 6.49. The van der Waals surface area contributed by atoms with Crippen LogP contribution in [0.25, 0.3) is 11.1 Å². The molecule has 0 saturated heterocycles. The van der Waals surface area contributed by atoms with Crippen molar-refractivity contribution in [3.05, 3.63) is 51.0 Å². The summed E-state index contributed by atoms with van der Waals surface area (Å²) < 4.78 is 13.8. The molecule has 1 aromatic heterocycles. The number of pyridine rings is 1. The molecule has 0 aliphatic carbocycles. The number of carboxylic acid groups (broad SMARTS) is 1. The molecule has 1 N–H and O–H groups in total. The van der Waals surface area contributed by atoms with Crippen LogP contribution < -0.4 is 0 Å². The van der Waals surface area contributed by atoms with Gasteiger partial charge in [0.15, 0.2) is 0 Å². The summed E-state index contributed by atoms with van der Waals surface area (Å²) in [6, 6.07) is 4.36. The predicted octanol–water partition coefficient (Wildman–Crippen LogP) is 4.48. The molecule has 20 heavy (non-hydrogen) atoms. The lowest BCUT2D eigenvalue weighted by Crippen LogP contribution is -2.02. The highest BCUT2D eigenvalue weighted by Gasteiger charge is 2.15. The van der Waals surface area contributed by atoms with Crippen molar-refractivity contribution < 1.29 is 14.3 Å². The van der Waals surface area contributed by atoms with E-state index in [1.165, 1.54) is 24.4 Å². The number of hydrogen-bond donors (Lipinski definition) is 1. The first-order valence-electron chi connectivity index (χ1n) is 5.40. The molecule has 0 bridgehead atoms.